The van der Waals surface area contributed by atoms with Gasteiger partial charge in [0, 0.05) is 29.0 Å². The fourth-order valence-electron chi connectivity index (χ4n) is 3.10. The maximum absolute atomic E-state index is 13.0. The Balaban J connectivity index is 1.83. The molecule has 2 heterocycles. The highest BCUT2D eigenvalue weighted by Crippen LogP contribution is 2.19. The number of nitrogens with one attached hydrogen (secondary N) is 2. The van der Waals surface area contributed by atoms with Crippen molar-refractivity contribution in [1.82, 2.24) is 14.1 Å². The van der Waals surface area contributed by atoms with Crippen molar-refractivity contribution in [2.45, 2.75) is 0 Å². The highest BCUT2D eigenvalue weighted by atomic mass is 35.5. The Bertz CT molecular complexity index is 1350. The van der Waals surface area contributed by atoms with Gasteiger partial charge in [-0.3, -0.25) is 9.59 Å². The molecule has 7 nitrogen and oxygen atoms in total. The van der Waals surface area contributed by atoms with Crippen molar-refractivity contribution in [3.8, 4) is 5.69 Å². The summed E-state index contributed by atoms with van der Waals surface area (Å²) in [7, 11) is 1.63. The van der Waals surface area contributed by atoms with E-state index in [0.717, 1.165) is 4.57 Å². The van der Waals surface area contributed by atoms with Crippen LogP contribution in [0.5, 0.6) is 0 Å². The molecule has 146 valence electrons. The predicted octanol–water partition coefficient (Wildman–Crippen LogP) is 3.58. The monoisotopic (exact) mass is 428 g/mol. The SMILES string of the molecule is Cn1cc(C(=O)Nc2ccc(Cl)cc2)c2[nH]c(=O)n(-c3ccc(Cl)cc3)c(=O)c21. The Hall–Kier alpha value is -3.29. The number of aromatic nitrogens is 3. The second-order valence-corrected chi connectivity index (χ2v) is 7.26. The van der Waals surface area contributed by atoms with E-state index in [2.05, 4.69) is 10.3 Å². The molecular formula is C20H14Cl2N4O3. The van der Waals surface area contributed by atoms with Gasteiger partial charge in [-0.05, 0) is 48.5 Å². The topological polar surface area (TPSA) is 88.9 Å². The van der Waals surface area contributed by atoms with Gasteiger partial charge in [-0.15, -0.1) is 0 Å². The van der Waals surface area contributed by atoms with Crippen LogP contribution in [0.3, 0.4) is 0 Å². The molecule has 29 heavy (non-hydrogen) atoms. The van der Waals surface area contributed by atoms with E-state index in [1.807, 2.05) is 0 Å². The molecule has 0 unspecified atom stereocenters. The van der Waals surface area contributed by atoms with Crippen molar-refractivity contribution >= 4 is 45.8 Å². The van der Waals surface area contributed by atoms with Gasteiger partial charge >= 0.3 is 5.69 Å². The number of fused-ring (bicyclic) bond motifs is 1. The second kappa shape index (κ2) is 7.27. The third-order valence-electron chi connectivity index (χ3n) is 4.45. The van der Waals surface area contributed by atoms with Gasteiger partial charge in [0.2, 0.25) is 0 Å². The summed E-state index contributed by atoms with van der Waals surface area (Å²) in [6, 6.07) is 12.9. The Labute approximate surface area is 174 Å². The van der Waals surface area contributed by atoms with Crippen molar-refractivity contribution in [2.24, 2.45) is 7.05 Å². The van der Waals surface area contributed by atoms with E-state index in [4.69, 9.17) is 23.2 Å². The molecule has 0 saturated heterocycles. The van der Waals surface area contributed by atoms with Crippen LogP contribution in [0.4, 0.5) is 5.69 Å². The van der Waals surface area contributed by atoms with Crippen molar-refractivity contribution in [2.75, 3.05) is 5.32 Å². The summed E-state index contributed by atoms with van der Waals surface area (Å²) in [5, 5.41) is 3.75. The summed E-state index contributed by atoms with van der Waals surface area (Å²) >= 11 is 11.7. The molecule has 0 aliphatic rings. The number of H-pyrrole nitrogens is 1. The number of rotatable bonds is 3. The number of hydrogen-bond acceptors (Lipinski definition) is 3. The van der Waals surface area contributed by atoms with Gasteiger partial charge in [0.1, 0.15) is 5.52 Å². The van der Waals surface area contributed by atoms with Gasteiger partial charge in [-0.1, -0.05) is 23.2 Å². The first-order valence-corrected chi connectivity index (χ1v) is 9.28. The van der Waals surface area contributed by atoms with Crippen LogP contribution in [-0.4, -0.2) is 20.0 Å². The summed E-state index contributed by atoms with van der Waals surface area (Å²) in [6.07, 6.45) is 1.50. The molecule has 1 amide bonds. The Kier molecular flexibility index (Phi) is 4.77. The van der Waals surface area contributed by atoms with E-state index in [1.165, 1.54) is 10.8 Å². The minimum atomic E-state index is -0.656. The lowest BCUT2D eigenvalue weighted by molar-refractivity contribution is 0.102. The minimum absolute atomic E-state index is 0.166. The first kappa shape index (κ1) is 19.0. The number of hydrogen-bond donors (Lipinski definition) is 2. The van der Waals surface area contributed by atoms with Crippen LogP contribution in [-0.2, 0) is 7.05 Å². The largest absolute Gasteiger partial charge is 0.344 e. The maximum atomic E-state index is 13.0. The van der Waals surface area contributed by atoms with Crippen LogP contribution in [0.1, 0.15) is 10.4 Å². The average molecular weight is 429 g/mol. The molecule has 2 aromatic heterocycles. The number of carbonyl (C=O) groups is 1. The summed E-state index contributed by atoms with van der Waals surface area (Å²) in [5.41, 5.74) is 0.245. The summed E-state index contributed by atoms with van der Waals surface area (Å²) in [6.45, 7) is 0. The molecule has 0 radical (unpaired) electrons. The summed E-state index contributed by atoms with van der Waals surface area (Å²) < 4.78 is 2.51. The molecule has 2 aromatic carbocycles. The van der Waals surface area contributed by atoms with Gasteiger partial charge in [0.25, 0.3) is 11.5 Å². The van der Waals surface area contributed by atoms with Gasteiger partial charge in [-0.25, -0.2) is 9.36 Å². The molecule has 0 aliphatic carbocycles. The minimum Gasteiger partial charge on any atom is -0.344 e. The van der Waals surface area contributed by atoms with Gasteiger partial charge in [0.05, 0.1) is 16.8 Å². The van der Waals surface area contributed by atoms with E-state index < -0.39 is 17.2 Å². The number of anilines is 1. The number of aryl methyl sites for hydroxylation is 1. The number of benzene rings is 2. The van der Waals surface area contributed by atoms with E-state index in [0.29, 0.717) is 21.4 Å². The lowest BCUT2D eigenvalue weighted by Gasteiger charge is -2.07. The van der Waals surface area contributed by atoms with Crippen molar-refractivity contribution in [1.29, 1.82) is 0 Å². The number of halogens is 2. The van der Waals surface area contributed by atoms with E-state index >= 15 is 0 Å². The third kappa shape index (κ3) is 3.46. The molecule has 4 rings (SSSR count). The van der Waals surface area contributed by atoms with Crippen molar-refractivity contribution < 1.29 is 4.79 Å². The van der Waals surface area contributed by atoms with Crippen LogP contribution in [0.25, 0.3) is 16.7 Å². The Morgan fingerprint density at radius 1 is 0.966 bits per heavy atom. The zero-order valence-corrected chi connectivity index (χ0v) is 16.6. The lowest BCUT2D eigenvalue weighted by Crippen LogP contribution is -2.34. The molecule has 4 aromatic rings. The highest BCUT2D eigenvalue weighted by Gasteiger charge is 2.20. The highest BCUT2D eigenvalue weighted by molar-refractivity contribution is 6.31. The van der Waals surface area contributed by atoms with Crippen LogP contribution < -0.4 is 16.6 Å². The van der Waals surface area contributed by atoms with Gasteiger partial charge in [-0.2, -0.15) is 0 Å². The molecule has 0 fully saturated rings. The first-order valence-electron chi connectivity index (χ1n) is 8.52. The number of aromatic amines is 1. The lowest BCUT2D eigenvalue weighted by atomic mass is 10.2. The molecule has 0 atom stereocenters. The third-order valence-corrected chi connectivity index (χ3v) is 4.96. The van der Waals surface area contributed by atoms with E-state index in [1.54, 1.807) is 55.6 Å². The average Bonchev–Trinajstić information content (AvgIpc) is 3.01. The fourth-order valence-corrected chi connectivity index (χ4v) is 3.35. The molecule has 0 saturated carbocycles. The zero-order chi connectivity index (χ0) is 20.7. The van der Waals surface area contributed by atoms with Gasteiger partial charge in [0.15, 0.2) is 0 Å². The molecule has 9 heteroatoms. The first-order chi connectivity index (χ1) is 13.8. The number of carbonyl (C=O) groups excluding carboxylic acids is 1. The van der Waals surface area contributed by atoms with E-state index in [9.17, 15) is 14.4 Å². The number of nitrogens with zero attached hydrogens (tertiary/aromatic N) is 2. The normalized spacial score (nSPS) is 11.0. The quantitative estimate of drug-likeness (QED) is 0.522. The van der Waals surface area contributed by atoms with E-state index in [-0.39, 0.29) is 16.6 Å². The fraction of sp³-hybridized carbons (Fsp3) is 0.0500. The molecule has 2 N–H and O–H groups in total. The molecule has 0 aliphatic heterocycles. The summed E-state index contributed by atoms with van der Waals surface area (Å²) in [4.78, 5) is 41.1. The number of amides is 1. The second-order valence-electron chi connectivity index (χ2n) is 6.39. The molecule has 0 bridgehead atoms. The van der Waals surface area contributed by atoms with Gasteiger partial charge < -0.3 is 14.9 Å². The Morgan fingerprint density at radius 2 is 1.55 bits per heavy atom. The van der Waals surface area contributed by atoms with Crippen molar-refractivity contribution in [3.63, 3.8) is 0 Å². The standard InChI is InChI=1S/C20H14Cl2N4O3/c1-25-10-15(18(27)23-13-6-2-11(21)3-7-13)16-17(25)19(28)26(20(29)24-16)14-8-4-12(22)5-9-14/h2-10H,1H3,(H,23,27)(H,24,29). The predicted molar refractivity (Wildman–Crippen MR) is 114 cm³/mol. The maximum Gasteiger partial charge on any atom is 0.333 e. The zero-order valence-electron chi connectivity index (χ0n) is 15.1. The smallest absolute Gasteiger partial charge is 0.333 e. The summed E-state index contributed by atoms with van der Waals surface area (Å²) in [5.74, 6) is -0.461. The van der Waals surface area contributed by atoms with Crippen LogP contribution >= 0.6 is 23.2 Å². The van der Waals surface area contributed by atoms with Crippen LogP contribution in [0.2, 0.25) is 10.0 Å². The van der Waals surface area contributed by atoms with Crippen molar-refractivity contribution in [3.05, 3.63) is 91.2 Å². The Morgan fingerprint density at radius 3 is 2.17 bits per heavy atom. The molecule has 0 spiro atoms. The van der Waals surface area contributed by atoms with Crippen LogP contribution in [0.15, 0.2) is 64.3 Å². The molecular weight excluding hydrogens is 415 g/mol. The van der Waals surface area contributed by atoms with Crippen LogP contribution in [0, 0.1) is 0 Å².